The lowest BCUT2D eigenvalue weighted by Gasteiger charge is -2.07. The molecule has 0 spiro atoms. The second-order valence-electron chi connectivity index (χ2n) is 4.45. The Morgan fingerprint density at radius 2 is 2.00 bits per heavy atom. The molecular formula is C13H19F2N. The Morgan fingerprint density at radius 1 is 1.25 bits per heavy atom. The molecule has 1 N–H and O–H groups in total. The van der Waals surface area contributed by atoms with E-state index in [-0.39, 0.29) is 0 Å². The third-order valence-corrected chi connectivity index (χ3v) is 2.47. The van der Waals surface area contributed by atoms with E-state index in [4.69, 9.17) is 0 Å². The Hall–Kier alpha value is -0.960. The van der Waals surface area contributed by atoms with E-state index in [2.05, 4.69) is 19.2 Å². The summed E-state index contributed by atoms with van der Waals surface area (Å²) in [5, 5.41) is 3.15. The summed E-state index contributed by atoms with van der Waals surface area (Å²) in [7, 11) is 0. The predicted octanol–water partition coefficient (Wildman–Crippen LogP) is 3.49. The van der Waals surface area contributed by atoms with E-state index in [0.29, 0.717) is 18.0 Å². The molecule has 0 aromatic heterocycles. The van der Waals surface area contributed by atoms with Crippen LogP contribution in [0.25, 0.3) is 0 Å². The van der Waals surface area contributed by atoms with Crippen LogP contribution in [-0.2, 0) is 6.54 Å². The standard InChI is InChI=1S/C13H19F2N/c1-10(2)4-3-7-16-9-11-5-6-12(14)8-13(11)15/h5-6,8,10,16H,3-4,7,9H2,1-2H3. The summed E-state index contributed by atoms with van der Waals surface area (Å²) in [6, 6.07) is 3.69. The number of rotatable bonds is 6. The first-order valence-electron chi connectivity index (χ1n) is 5.74. The fourth-order valence-corrected chi connectivity index (χ4v) is 1.52. The van der Waals surface area contributed by atoms with Crippen LogP contribution < -0.4 is 5.32 Å². The molecule has 0 heterocycles. The van der Waals surface area contributed by atoms with Crippen molar-refractivity contribution < 1.29 is 8.78 Å². The molecule has 1 aromatic rings. The van der Waals surface area contributed by atoms with Gasteiger partial charge in [-0.1, -0.05) is 19.9 Å². The van der Waals surface area contributed by atoms with E-state index < -0.39 is 11.6 Å². The molecule has 0 radical (unpaired) electrons. The van der Waals surface area contributed by atoms with Crippen molar-refractivity contribution in [2.45, 2.75) is 33.2 Å². The van der Waals surface area contributed by atoms with Crippen LogP contribution in [0, 0.1) is 17.6 Å². The second kappa shape index (κ2) is 6.59. The highest BCUT2D eigenvalue weighted by Gasteiger charge is 2.02. The van der Waals surface area contributed by atoms with Gasteiger partial charge in [0.15, 0.2) is 0 Å². The molecule has 0 saturated heterocycles. The third-order valence-electron chi connectivity index (χ3n) is 2.47. The summed E-state index contributed by atoms with van der Waals surface area (Å²) in [4.78, 5) is 0. The fourth-order valence-electron chi connectivity index (χ4n) is 1.52. The summed E-state index contributed by atoms with van der Waals surface area (Å²) >= 11 is 0. The molecular weight excluding hydrogens is 208 g/mol. The van der Waals surface area contributed by atoms with E-state index in [9.17, 15) is 8.78 Å². The van der Waals surface area contributed by atoms with E-state index in [1.807, 2.05) is 0 Å². The summed E-state index contributed by atoms with van der Waals surface area (Å²) in [6.45, 7) is 5.69. The maximum atomic E-state index is 13.2. The first kappa shape index (κ1) is 13.1. The summed E-state index contributed by atoms with van der Waals surface area (Å²) in [6.07, 6.45) is 2.25. The van der Waals surface area contributed by atoms with Crippen molar-refractivity contribution in [1.29, 1.82) is 0 Å². The molecule has 1 rings (SSSR count). The average molecular weight is 227 g/mol. The van der Waals surface area contributed by atoms with Gasteiger partial charge in [-0.2, -0.15) is 0 Å². The monoisotopic (exact) mass is 227 g/mol. The molecule has 0 aliphatic heterocycles. The van der Waals surface area contributed by atoms with Gasteiger partial charge in [-0.05, 0) is 31.4 Å². The number of hydrogen-bond acceptors (Lipinski definition) is 1. The molecule has 0 aliphatic carbocycles. The lowest BCUT2D eigenvalue weighted by atomic mass is 10.1. The molecule has 0 bridgehead atoms. The van der Waals surface area contributed by atoms with Gasteiger partial charge in [-0.15, -0.1) is 0 Å². The van der Waals surface area contributed by atoms with Gasteiger partial charge in [0.05, 0.1) is 0 Å². The van der Waals surface area contributed by atoms with Crippen LogP contribution in [0.15, 0.2) is 18.2 Å². The molecule has 0 fully saturated rings. The van der Waals surface area contributed by atoms with Crippen LogP contribution in [0.4, 0.5) is 8.78 Å². The predicted molar refractivity (Wildman–Crippen MR) is 62.1 cm³/mol. The number of nitrogens with one attached hydrogen (secondary N) is 1. The normalized spacial score (nSPS) is 11.1. The van der Waals surface area contributed by atoms with Crippen LogP contribution in [-0.4, -0.2) is 6.54 Å². The van der Waals surface area contributed by atoms with Crippen LogP contribution >= 0.6 is 0 Å². The first-order valence-corrected chi connectivity index (χ1v) is 5.74. The van der Waals surface area contributed by atoms with Crippen LogP contribution in [0.5, 0.6) is 0 Å². The van der Waals surface area contributed by atoms with Gasteiger partial charge in [0.25, 0.3) is 0 Å². The molecule has 90 valence electrons. The largest absolute Gasteiger partial charge is 0.313 e. The molecule has 16 heavy (non-hydrogen) atoms. The second-order valence-corrected chi connectivity index (χ2v) is 4.45. The summed E-state index contributed by atoms with van der Waals surface area (Å²) < 4.78 is 25.8. The Labute approximate surface area is 95.9 Å². The highest BCUT2D eigenvalue weighted by atomic mass is 19.1. The highest BCUT2D eigenvalue weighted by molar-refractivity contribution is 5.18. The third kappa shape index (κ3) is 4.71. The van der Waals surface area contributed by atoms with Crippen molar-refractivity contribution in [3.8, 4) is 0 Å². The molecule has 0 saturated carbocycles. The lowest BCUT2D eigenvalue weighted by molar-refractivity contribution is 0.518. The zero-order valence-electron chi connectivity index (χ0n) is 9.89. The molecule has 1 nitrogen and oxygen atoms in total. The maximum absolute atomic E-state index is 13.2. The lowest BCUT2D eigenvalue weighted by Crippen LogP contribution is -2.16. The molecule has 1 aromatic carbocycles. The van der Waals surface area contributed by atoms with Gasteiger partial charge in [-0.3, -0.25) is 0 Å². The SMILES string of the molecule is CC(C)CCCNCc1ccc(F)cc1F. The molecule has 0 unspecified atom stereocenters. The van der Waals surface area contributed by atoms with Gasteiger partial charge < -0.3 is 5.32 Å². The molecule has 3 heteroatoms. The van der Waals surface area contributed by atoms with Crippen molar-refractivity contribution in [1.82, 2.24) is 5.32 Å². The van der Waals surface area contributed by atoms with Crippen molar-refractivity contribution in [3.63, 3.8) is 0 Å². The zero-order chi connectivity index (χ0) is 12.0. The van der Waals surface area contributed by atoms with Crippen molar-refractivity contribution in [2.75, 3.05) is 6.54 Å². The average Bonchev–Trinajstić information content (AvgIpc) is 2.20. The van der Waals surface area contributed by atoms with E-state index >= 15 is 0 Å². The Bertz CT molecular complexity index is 324. The van der Waals surface area contributed by atoms with Gasteiger partial charge in [0.2, 0.25) is 0 Å². The Balaban J connectivity index is 2.27. The fraction of sp³-hybridized carbons (Fsp3) is 0.538. The minimum absolute atomic E-state index is 0.463. The number of hydrogen-bond donors (Lipinski definition) is 1. The van der Waals surface area contributed by atoms with Crippen LogP contribution in [0.3, 0.4) is 0 Å². The zero-order valence-corrected chi connectivity index (χ0v) is 9.89. The summed E-state index contributed by atoms with van der Waals surface area (Å²) in [5.41, 5.74) is 0.519. The van der Waals surface area contributed by atoms with E-state index in [0.717, 1.165) is 19.0 Å². The molecule has 0 aliphatic rings. The molecule has 0 amide bonds. The van der Waals surface area contributed by atoms with E-state index in [1.165, 1.54) is 18.6 Å². The number of benzene rings is 1. The summed E-state index contributed by atoms with van der Waals surface area (Å²) in [5.74, 6) is -0.304. The maximum Gasteiger partial charge on any atom is 0.130 e. The van der Waals surface area contributed by atoms with Crippen LogP contribution in [0.2, 0.25) is 0 Å². The van der Waals surface area contributed by atoms with Gasteiger partial charge in [0.1, 0.15) is 11.6 Å². The minimum Gasteiger partial charge on any atom is -0.313 e. The van der Waals surface area contributed by atoms with Crippen molar-refractivity contribution in [2.24, 2.45) is 5.92 Å². The Morgan fingerprint density at radius 3 is 2.62 bits per heavy atom. The highest BCUT2D eigenvalue weighted by Crippen LogP contribution is 2.09. The van der Waals surface area contributed by atoms with Gasteiger partial charge in [0, 0.05) is 18.2 Å². The molecule has 0 atom stereocenters. The van der Waals surface area contributed by atoms with E-state index in [1.54, 1.807) is 0 Å². The smallest absolute Gasteiger partial charge is 0.130 e. The van der Waals surface area contributed by atoms with Gasteiger partial charge in [-0.25, -0.2) is 8.78 Å². The van der Waals surface area contributed by atoms with Crippen LogP contribution in [0.1, 0.15) is 32.3 Å². The topological polar surface area (TPSA) is 12.0 Å². The Kier molecular flexibility index (Phi) is 5.39. The van der Waals surface area contributed by atoms with Crippen molar-refractivity contribution >= 4 is 0 Å². The minimum atomic E-state index is -0.527. The van der Waals surface area contributed by atoms with Gasteiger partial charge >= 0.3 is 0 Å². The van der Waals surface area contributed by atoms with Crippen molar-refractivity contribution in [3.05, 3.63) is 35.4 Å². The number of halogens is 2. The quantitative estimate of drug-likeness (QED) is 0.733. The first-order chi connectivity index (χ1) is 7.59.